The van der Waals surface area contributed by atoms with Gasteiger partial charge in [-0.1, -0.05) is 82.6 Å². The smallest absolute Gasteiger partial charge is 0.261 e. The molecule has 0 aromatic heterocycles. The van der Waals surface area contributed by atoms with Gasteiger partial charge in [0.15, 0.2) is 0 Å². The van der Waals surface area contributed by atoms with Gasteiger partial charge in [-0.25, -0.2) is 0 Å². The van der Waals surface area contributed by atoms with Gasteiger partial charge in [-0.3, -0.25) is 33.9 Å². The van der Waals surface area contributed by atoms with Crippen LogP contribution < -0.4 is 0 Å². The van der Waals surface area contributed by atoms with Crippen molar-refractivity contribution in [3.8, 4) is 0 Å². The Bertz CT molecular complexity index is 1720. The van der Waals surface area contributed by atoms with Crippen molar-refractivity contribution in [1.29, 1.82) is 0 Å². The highest BCUT2D eigenvalue weighted by Crippen LogP contribution is 2.31. The first kappa shape index (κ1) is 39.3. The number of hydrogen-bond acceptors (Lipinski definition) is 8. The van der Waals surface area contributed by atoms with Crippen LogP contribution in [0.4, 0.5) is 0 Å². The molecule has 0 aliphatic carbocycles. The standard InChI is InChI=1S/C36H38N4O6.C3H8.C2H6/c1-37(17-19-39-33(42)27-11-2-7-25-8-3-12-28(31(25)27)34(39)43)15-6-16-38(21-23-46-24-22-41)18-20-40-35(44)29-13-4-9-26-10-5-14-30(32(26)29)36(40)45;1-3-2;1-2/h2-5,7-14,41H,6,15-24H2,1H3;3H2,1-2H3;1-2H3. The molecule has 4 amide bonds. The van der Waals surface area contributed by atoms with Crippen LogP contribution in [0.5, 0.6) is 0 Å². The summed E-state index contributed by atoms with van der Waals surface area (Å²) in [6.45, 7) is 12.3. The van der Waals surface area contributed by atoms with Crippen LogP contribution in [0, 0.1) is 0 Å². The maximum absolute atomic E-state index is 13.4. The normalized spacial score (nSPS) is 13.6. The van der Waals surface area contributed by atoms with E-state index in [0.717, 1.165) is 22.6 Å². The van der Waals surface area contributed by atoms with Crippen LogP contribution in [0.3, 0.4) is 0 Å². The summed E-state index contributed by atoms with van der Waals surface area (Å²) in [6, 6.07) is 22.1. The van der Waals surface area contributed by atoms with Gasteiger partial charge in [0.25, 0.3) is 23.6 Å². The Balaban J connectivity index is 0.00000111. The number of nitrogens with zero attached hydrogens (tertiary/aromatic N) is 4. The molecule has 0 saturated heterocycles. The van der Waals surface area contributed by atoms with Crippen LogP contribution >= 0.6 is 0 Å². The Morgan fingerprint density at radius 1 is 0.588 bits per heavy atom. The number of amides is 4. The highest BCUT2D eigenvalue weighted by atomic mass is 16.5. The molecule has 1 N–H and O–H groups in total. The monoisotopic (exact) mass is 696 g/mol. The minimum absolute atomic E-state index is 0.0602. The lowest BCUT2D eigenvalue weighted by molar-refractivity contribution is 0.0551. The Kier molecular flexibility index (Phi) is 14.8. The predicted octanol–water partition coefficient (Wildman–Crippen LogP) is 5.96. The summed E-state index contributed by atoms with van der Waals surface area (Å²) < 4.78 is 5.51. The molecule has 0 atom stereocenters. The van der Waals surface area contributed by atoms with E-state index in [1.165, 1.54) is 16.2 Å². The van der Waals surface area contributed by atoms with Gasteiger partial charge in [0.05, 0.1) is 19.8 Å². The largest absolute Gasteiger partial charge is 0.394 e. The Labute approximate surface area is 301 Å². The minimum Gasteiger partial charge on any atom is -0.394 e. The van der Waals surface area contributed by atoms with E-state index in [9.17, 15) is 19.2 Å². The topological polar surface area (TPSA) is 111 Å². The van der Waals surface area contributed by atoms with Crippen LogP contribution in [0.1, 0.15) is 82.0 Å². The number of imide groups is 2. The van der Waals surface area contributed by atoms with Crippen molar-refractivity contribution < 1.29 is 29.0 Å². The third kappa shape index (κ3) is 9.07. The fraction of sp³-hybridized carbons (Fsp3) is 0.415. The van der Waals surface area contributed by atoms with Gasteiger partial charge in [0, 0.05) is 65.8 Å². The average Bonchev–Trinajstić information content (AvgIpc) is 3.15. The second-order valence-electron chi connectivity index (χ2n) is 12.5. The molecule has 4 aromatic carbocycles. The molecule has 0 spiro atoms. The molecule has 6 rings (SSSR count). The lowest BCUT2D eigenvalue weighted by Gasteiger charge is -2.31. The molecule has 0 fully saturated rings. The zero-order valence-corrected chi connectivity index (χ0v) is 30.7. The van der Waals surface area contributed by atoms with Gasteiger partial charge in [-0.2, -0.15) is 0 Å². The van der Waals surface area contributed by atoms with Crippen LogP contribution in [0.2, 0.25) is 0 Å². The van der Waals surface area contributed by atoms with Crippen molar-refractivity contribution in [2.75, 3.05) is 72.7 Å². The van der Waals surface area contributed by atoms with Gasteiger partial charge < -0.3 is 14.7 Å². The molecule has 272 valence electrons. The summed E-state index contributed by atoms with van der Waals surface area (Å²) in [4.78, 5) is 60.2. The molecule has 2 aliphatic heterocycles. The summed E-state index contributed by atoms with van der Waals surface area (Å²) in [7, 11) is 1.96. The molecule has 4 aromatic rings. The Morgan fingerprint density at radius 3 is 1.41 bits per heavy atom. The zero-order chi connectivity index (χ0) is 36.9. The fourth-order valence-electron chi connectivity index (χ4n) is 6.45. The molecule has 0 saturated carbocycles. The maximum atomic E-state index is 13.4. The van der Waals surface area contributed by atoms with Crippen molar-refractivity contribution >= 4 is 45.2 Å². The van der Waals surface area contributed by atoms with Crippen LogP contribution in [-0.4, -0.2) is 121 Å². The number of carbonyl (C=O) groups is 4. The van der Waals surface area contributed by atoms with E-state index in [0.29, 0.717) is 67.0 Å². The third-order valence-corrected chi connectivity index (χ3v) is 8.86. The van der Waals surface area contributed by atoms with Crippen molar-refractivity contribution in [1.82, 2.24) is 19.6 Å². The molecule has 10 nitrogen and oxygen atoms in total. The van der Waals surface area contributed by atoms with E-state index in [2.05, 4.69) is 23.6 Å². The molecule has 51 heavy (non-hydrogen) atoms. The quantitative estimate of drug-likeness (QED) is 0.120. The molecule has 0 unspecified atom stereocenters. The highest BCUT2D eigenvalue weighted by molar-refractivity contribution is 6.26. The number of carbonyl (C=O) groups excluding carboxylic acids is 4. The van der Waals surface area contributed by atoms with Gasteiger partial charge >= 0.3 is 0 Å². The van der Waals surface area contributed by atoms with Gasteiger partial charge in [-0.15, -0.1) is 0 Å². The summed E-state index contributed by atoms with van der Waals surface area (Å²) in [6.07, 6.45) is 2.03. The Morgan fingerprint density at radius 2 is 1.00 bits per heavy atom. The summed E-state index contributed by atoms with van der Waals surface area (Å²) in [5.41, 5.74) is 2.19. The average molecular weight is 697 g/mol. The van der Waals surface area contributed by atoms with Crippen LogP contribution in [0.25, 0.3) is 21.5 Å². The Hall–Kier alpha value is -4.48. The van der Waals surface area contributed by atoms with Crippen molar-refractivity contribution in [2.45, 2.75) is 40.5 Å². The number of rotatable bonds is 15. The van der Waals surface area contributed by atoms with Crippen molar-refractivity contribution in [3.63, 3.8) is 0 Å². The number of likely N-dealkylation sites (N-methyl/N-ethyl adjacent to an activating group) is 1. The number of aliphatic hydroxyl groups excluding tert-OH is 1. The van der Waals surface area contributed by atoms with Crippen molar-refractivity contribution in [3.05, 3.63) is 95.1 Å². The second-order valence-corrected chi connectivity index (χ2v) is 12.5. The fourth-order valence-corrected chi connectivity index (χ4v) is 6.45. The molecular formula is C41H52N4O6. The van der Waals surface area contributed by atoms with E-state index >= 15 is 0 Å². The number of aliphatic hydroxyl groups is 1. The van der Waals surface area contributed by atoms with E-state index in [1.54, 1.807) is 24.3 Å². The van der Waals surface area contributed by atoms with Crippen molar-refractivity contribution in [2.24, 2.45) is 0 Å². The van der Waals surface area contributed by atoms with E-state index < -0.39 is 0 Å². The zero-order valence-electron chi connectivity index (χ0n) is 30.7. The molecule has 2 aliphatic rings. The molecule has 2 heterocycles. The summed E-state index contributed by atoms with van der Waals surface area (Å²) in [5, 5.41) is 12.3. The van der Waals surface area contributed by atoms with E-state index in [1.807, 2.05) is 69.4 Å². The minimum atomic E-state index is -0.286. The lowest BCUT2D eigenvalue weighted by atomic mass is 9.94. The molecule has 0 bridgehead atoms. The SMILES string of the molecule is CC.CCC.CN(CCCN(CCOCCO)CCN1C(=O)c2cccc3cccc(c23)C1=O)CCN1C(=O)c2cccc3cccc(c23)C1=O. The van der Waals surface area contributed by atoms with Gasteiger partial charge in [0.2, 0.25) is 0 Å². The summed E-state index contributed by atoms with van der Waals surface area (Å²) in [5.74, 6) is -1.10. The van der Waals surface area contributed by atoms with Crippen LogP contribution in [-0.2, 0) is 4.74 Å². The van der Waals surface area contributed by atoms with E-state index in [4.69, 9.17) is 9.84 Å². The van der Waals surface area contributed by atoms with Crippen LogP contribution in [0.15, 0.2) is 72.8 Å². The predicted molar refractivity (Wildman–Crippen MR) is 202 cm³/mol. The first-order valence-electron chi connectivity index (χ1n) is 18.2. The van der Waals surface area contributed by atoms with Gasteiger partial charge in [-0.05, 0) is 61.6 Å². The first-order chi connectivity index (χ1) is 24.8. The van der Waals surface area contributed by atoms with Gasteiger partial charge in [0.1, 0.15) is 0 Å². The first-order valence-corrected chi connectivity index (χ1v) is 18.2. The summed E-state index contributed by atoms with van der Waals surface area (Å²) >= 11 is 0. The second kappa shape index (κ2) is 19.2. The maximum Gasteiger partial charge on any atom is 0.261 e. The van der Waals surface area contributed by atoms with E-state index in [-0.39, 0.29) is 49.9 Å². The molecule has 10 heteroatoms. The number of hydrogen-bond donors (Lipinski definition) is 1. The molecule has 0 radical (unpaired) electrons. The highest BCUT2D eigenvalue weighted by Gasteiger charge is 2.34. The number of ether oxygens (including phenoxy) is 1. The lowest BCUT2D eigenvalue weighted by Crippen LogP contribution is -2.45. The number of benzene rings is 4. The molecular weight excluding hydrogens is 644 g/mol. The third-order valence-electron chi connectivity index (χ3n) is 8.86.